The van der Waals surface area contributed by atoms with E-state index < -0.39 is 22.3 Å². The van der Waals surface area contributed by atoms with Crippen LogP contribution in [-0.2, 0) is 20.4 Å². The molecule has 0 bridgehead atoms. The number of carbonyl (C=O) groups excluding carboxylic acids is 2. The summed E-state index contributed by atoms with van der Waals surface area (Å²) >= 11 is 13.6. The topological polar surface area (TPSA) is 83.1 Å². The highest BCUT2D eigenvalue weighted by atomic mass is 35.5. The van der Waals surface area contributed by atoms with Crippen molar-refractivity contribution in [2.45, 2.75) is 63.8 Å². The smallest absolute Gasteiger partial charge is 0.244 e. The zero-order chi connectivity index (χ0) is 40.8. The lowest BCUT2D eigenvalue weighted by atomic mass is 9.76. The molecule has 58 heavy (non-hydrogen) atoms. The summed E-state index contributed by atoms with van der Waals surface area (Å²) in [7, 11) is 0. The number of nitrogens with one attached hydrogen (secondary N) is 2. The van der Waals surface area contributed by atoms with Crippen molar-refractivity contribution in [3.05, 3.63) is 153 Å². The minimum atomic E-state index is -0.976. The van der Waals surface area contributed by atoms with Crippen molar-refractivity contribution in [3.8, 4) is 11.5 Å². The second-order valence-electron chi connectivity index (χ2n) is 16.7. The molecule has 8 nitrogen and oxygen atoms in total. The maximum Gasteiger partial charge on any atom is 0.244 e. The molecule has 4 heterocycles. The highest BCUT2D eigenvalue weighted by Gasteiger charge is 2.60. The number of benzene rings is 5. The number of fused-ring (bicyclic) bond motifs is 4. The van der Waals surface area contributed by atoms with Crippen molar-refractivity contribution in [2.75, 3.05) is 33.5 Å². The van der Waals surface area contributed by atoms with Gasteiger partial charge in [-0.1, -0.05) is 82.9 Å². The number of halogens is 2. The van der Waals surface area contributed by atoms with Gasteiger partial charge in [0.05, 0.1) is 32.3 Å². The molecular weight excluding hydrogens is 767 g/mol. The highest BCUT2D eigenvalue weighted by Crippen LogP contribution is 2.56. The van der Waals surface area contributed by atoms with E-state index in [0.29, 0.717) is 11.4 Å². The Kier molecular flexibility index (Phi) is 8.77. The van der Waals surface area contributed by atoms with Crippen molar-refractivity contribution in [3.63, 3.8) is 0 Å². The molecule has 4 aliphatic heterocycles. The summed E-state index contributed by atoms with van der Waals surface area (Å²) in [5.41, 5.74) is 5.87. The van der Waals surface area contributed by atoms with Gasteiger partial charge in [-0.05, 0) is 126 Å². The standard InChI is InChI=1S/C48H44Cl2N4O4/c1-29-15-17-41-31(23-29)19-21-47(57-41)45(3,4)33-11-7-9-13-39(33)53(47)27-43(55)51-37-25-36(50)38(26-35(37)49)52-44(56)28-54-40-14-10-8-12-34(40)46(5,6)48(54)22-20-32-24-30(2)16-18-42(32)58-48/h7-26H,27-28H2,1-6H3,(H,51,55)(H,52,56). The normalized spacial score (nSPS) is 21.2. The molecule has 2 atom stereocenters. The van der Waals surface area contributed by atoms with Gasteiger partial charge in [0.2, 0.25) is 23.3 Å². The summed E-state index contributed by atoms with van der Waals surface area (Å²) in [6.45, 7) is 12.6. The van der Waals surface area contributed by atoms with Crippen LogP contribution in [0, 0.1) is 13.8 Å². The van der Waals surface area contributed by atoms with Crippen LogP contribution in [0.25, 0.3) is 12.2 Å². The van der Waals surface area contributed by atoms with E-state index in [1.165, 1.54) is 0 Å². The fourth-order valence-corrected chi connectivity index (χ4v) is 9.68. The molecule has 0 radical (unpaired) electrons. The molecule has 0 saturated heterocycles. The predicted molar refractivity (Wildman–Crippen MR) is 234 cm³/mol. The third kappa shape index (κ3) is 5.71. The van der Waals surface area contributed by atoms with Gasteiger partial charge in [-0.15, -0.1) is 0 Å². The predicted octanol–water partition coefficient (Wildman–Crippen LogP) is 10.7. The third-order valence-corrected chi connectivity index (χ3v) is 13.0. The van der Waals surface area contributed by atoms with Gasteiger partial charge in [0.1, 0.15) is 24.6 Å². The first-order chi connectivity index (χ1) is 27.6. The van der Waals surface area contributed by atoms with Gasteiger partial charge in [0.25, 0.3) is 0 Å². The molecule has 5 aromatic carbocycles. The SMILES string of the molecule is Cc1ccc2c(c1)C=CC1(O2)N(CC(=O)Nc2cc(Cl)c(NC(=O)CN3c4ccccc4C(C)(C)C34C=Cc3cc(C)ccc3O4)cc2Cl)c2ccccc2C1(C)C. The minimum absolute atomic E-state index is 0.0333. The van der Waals surface area contributed by atoms with Crippen LogP contribution in [0.2, 0.25) is 10.0 Å². The van der Waals surface area contributed by atoms with E-state index in [2.05, 4.69) is 101 Å². The number of ether oxygens (including phenoxy) is 2. The fourth-order valence-electron chi connectivity index (χ4n) is 9.26. The Morgan fingerprint density at radius 3 is 1.40 bits per heavy atom. The van der Waals surface area contributed by atoms with Gasteiger partial charge in [-0.3, -0.25) is 9.59 Å². The first-order valence-corrected chi connectivity index (χ1v) is 20.2. The van der Waals surface area contributed by atoms with Crippen molar-refractivity contribution in [1.82, 2.24) is 0 Å². The first-order valence-electron chi connectivity index (χ1n) is 19.4. The summed E-state index contributed by atoms with van der Waals surface area (Å²) < 4.78 is 13.8. The molecule has 0 saturated carbocycles. The van der Waals surface area contributed by atoms with Crippen LogP contribution < -0.4 is 29.9 Å². The van der Waals surface area contributed by atoms with Crippen LogP contribution in [0.4, 0.5) is 22.7 Å². The molecule has 2 unspecified atom stereocenters. The number of carbonyl (C=O) groups is 2. The zero-order valence-electron chi connectivity index (χ0n) is 33.2. The molecule has 0 fully saturated rings. The van der Waals surface area contributed by atoms with E-state index in [1.54, 1.807) is 12.1 Å². The second-order valence-corrected chi connectivity index (χ2v) is 17.5. The lowest BCUT2D eigenvalue weighted by molar-refractivity contribution is -0.116. The summed E-state index contributed by atoms with van der Waals surface area (Å²) in [6, 6.07) is 31.5. The Bertz CT molecular complexity index is 2440. The summed E-state index contributed by atoms with van der Waals surface area (Å²) in [5.74, 6) is 0.878. The quantitative estimate of drug-likeness (QED) is 0.178. The largest absolute Gasteiger partial charge is 0.463 e. The molecule has 2 N–H and O–H groups in total. The Hall–Kier alpha value is -5.70. The van der Waals surface area contributed by atoms with Gasteiger partial charge >= 0.3 is 0 Å². The fraction of sp³-hybridized carbons (Fsp3) is 0.250. The molecule has 0 aromatic heterocycles. The molecule has 2 spiro atoms. The van der Waals surface area contributed by atoms with Crippen molar-refractivity contribution in [2.24, 2.45) is 0 Å². The first kappa shape index (κ1) is 37.9. The Labute approximate surface area is 349 Å². The van der Waals surface area contributed by atoms with E-state index in [0.717, 1.165) is 56.3 Å². The summed E-state index contributed by atoms with van der Waals surface area (Å²) in [6.07, 6.45) is 8.28. The Balaban J connectivity index is 0.949. The van der Waals surface area contributed by atoms with Gasteiger partial charge in [-0.25, -0.2) is 0 Å². The van der Waals surface area contributed by atoms with Crippen LogP contribution in [0.15, 0.2) is 109 Å². The summed E-state index contributed by atoms with van der Waals surface area (Å²) in [4.78, 5) is 32.0. The number of amides is 2. The van der Waals surface area contributed by atoms with E-state index in [1.807, 2.05) is 70.5 Å². The number of rotatable bonds is 6. The lowest BCUT2D eigenvalue weighted by Crippen LogP contribution is -2.61. The van der Waals surface area contributed by atoms with E-state index in [4.69, 9.17) is 32.7 Å². The lowest BCUT2D eigenvalue weighted by Gasteiger charge is -2.47. The number of aryl methyl sites for hydroxylation is 2. The van der Waals surface area contributed by atoms with Gasteiger partial charge in [-0.2, -0.15) is 0 Å². The minimum Gasteiger partial charge on any atom is -0.463 e. The van der Waals surface area contributed by atoms with E-state index in [9.17, 15) is 9.59 Å². The summed E-state index contributed by atoms with van der Waals surface area (Å²) in [5, 5.41) is 6.39. The molecule has 294 valence electrons. The average molecular weight is 812 g/mol. The average Bonchev–Trinajstić information content (AvgIpc) is 3.47. The number of anilines is 4. The number of hydrogen-bond acceptors (Lipinski definition) is 6. The van der Waals surface area contributed by atoms with Crippen molar-refractivity contribution >= 4 is 69.9 Å². The van der Waals surface area contributed by atoms with Crippen LogP contribution in [0.1, 0.15) is 61.1 Å². The monoisotopic (exact) mass is 810 g/mol. The molecule has 0 aliphatic carbocycles. The van der Waals surface area contributed by atoms with Crippen molar-refractivity contribution < 1.29 is 19.1 Å². The Morgan fingerprint density at radius 1 is 0.586 bits per heavy atom. The van der Waals surface area contributed by atoms with E-state index >= 15 is 0 Å². The number of hydrogen-bond donors (Lipinski definition) is 2. The molecule has 9 rings (SSSR count). The van der Waals surface area contributed by atoms with Crippen LogP contribution >= 0.6 is 23.2 Å². The maximum atomic E-state index is 14.0. The van der Waals surface area contributed by atoms with Crippen LogP contribution in [0.3, 0.4) is 0 Å². The van der Waals surface area contributed by atoms with Crippen LogP contribution in [0.5, 0.6) is 11.5 Å². The van der Waals surface area contributed by atoms with Crippen molar-refractivity contribution in [1.29, 1.82) is 0 Å². The van der Waals surface area contributed by atoms with Gasteiger partial charge < -0.3 is 29.9 Å². The van der Waals surface area contributed by atoms with Gasteiger partial charge in [0, 0.05) is 22.5 Å². The molecule has 2 amide bonds. The third-order valence-electron chi connectivity index (χ3n) is 12.4. The molecular formula is C48H44Cl2N4O4. The number of nitrogens with zero attached hydrogens (tertiary/aromatic N) is 2. The van der Waals surface area contributed by atoms with Gasteiger partial charge in [0.15, 0.2) is 0 Å². The molecule has 4 aliphatic rings. The number of para-hydroxylation sites is 2. The maximum absolute atomic E-state index is 14.0. The van der Waals surface area contributed by atoms with Crippen LogP contribution in [-0.4, -0.2) is 36.4 Å². The zero-order valence-corrected chi connectivity index (χ0v) is 34.8. The highest BCUT2D eigenvalue weighted by molar-refractivity contribution is 6.38. The second kappa shape index (κ2) is 13.4. The van der Waals surface area contributed by atoms with E-state index in [-0.39, 0.29) is 34.9 Å². The Morgan fingerprint density at radius 2 is 0.983 bits per heavy atom. The molecule has 5 aromatic rings. The molecule has 10 heteroatoms.